The van der Waals surface area contributed by atoms with Crippen LogP contribution in [0.5, 0.6) is 0 Å². The highest BCUT2D eigenvalue weighted by Gasteiger charge is 2.15. The lowest BCUT2D eigenvalue weighted by Crippen LogP contribution is -1.86. The molecule has 0 aliphatic heterocycles. The lowest BCUT2D eigenvalue weighted by Gasteiger charge is -2.12. The van der Waals surface area contributed by atoms with Gasteiger partial charge in [-0.05, 0) is 50.4 Å². The zero-order valence-corrected chi connectivity index (χ0v) is 17.5. The molecule has 5 aromatic carbocycles. The molecule has 0 aliphatic rings. The van der Waals surface area contributed by atoms with Gasteiger partial charge in [-0.25, -0.2) is 4.98 Å². The van der Waals surface area contributed by atoms with Crippen molar-refractivity contribution < 1.29 is 0 Å². The monoisotopic (exact) mass is 421 g/mol. The third kappa shape index (κ3) is 2.80. The Balaban J connectivity index is 1.71. The van der Waals surface area contributed by atoms with E-state index in [0.29, 0.717) is 4.47 Å². The first-order valence-corrected chi connectivity index (χ1v) is 11.0. The minimum absolute atomic E-state index is 0.571. The van der Waals surface area contributed by atoms with Crippen LogP contribution >= 0.6 is 22.9 Å². The van der Waals surface area contributed by atoms with Gasteiger partial charge in [-0.1, -0.05) is 96.5 Å². The minimum Gasteiger partial charge on any atom is -0.225 e. The summed E-state index contributed by atoms with van der Waals surface area (Å²) in [6.45, 7) is 0. The van der Waals surface area contributed by atoms with E-state index in [-0.39, 0.29) is 0 Å². The van der Waals surface area contributed by atoms with Crippen molar-refractivity contribution in [1.29, 1.82) is 0 Å². The lowest BCUT2D eigenvalue weighted by molar-refractivity contribution is 1.50. The first-order valence-electron chi connectivity index (χ1n) is 9.84. The van der Waals surface area contributed by atoms with Crippen LogP contribution in [0.1, 0.15) is 0 Å². The second kappa shape index (κ2) is 6.94. The summed E-state index contributed by atoms with van der Waals surface area (Å²) < 4.78 is 1.70. The molecule has 0 spiro atoms. The first-order chi connectivity index (χ1) is 14.8. The number of nitrogens with zero attached hydrogens (tertiary/aromatic N) is 1. The van der Waals surface area contributed by atoms with Crippen LogP contribution in [-0.4, -0.2) is 4.98 Å². The molecule has 0 saturated carbocycles. The molecule has 0 atom stereocenters. The first kappa shape index (κ1) is 17.6. The van der Waals surface area contributed by atoms with E-state index in [2.05, 4.69) is 102 Å². The van der Waals surface area contributed by atoms with E-state index in [1.165, 1.54) is 38.2 Å². The molecular weight excluding hydrogens is 406 g/mol. The maximum absolute atomic E-state index is 6.36. The van der Waals surface area contributed by atoms with Crippen LogP contribution < -0.4 is 0 Å². The van der Waals surface area contributed by atoms with Gasteiger partial charge in [0.05, 0.1) is 10.2 Å². The van der Waals surface area contributed by atoms with E-state index in [1.54, 1.807) is 11.3 Å². The Morgan fingerprint density at radius 1 is 0.600 bits per heavy atom. The van der Waals surface area contributed by atoms with E-state index in [1.807, 2.05) is 0 Å². The Labute approximate surface area is 183 Å². The summed E-state index contributed by atoms with van der Waals surface area (Å²) >= 11 is 7.91. The fourth-order valence-corrected chi connectivity index (χ4v) is 5.42. The van der Waals surface area contributed by atoms with Crippen LogP contribution in [-0.2, 0) is 0 Å². The number of benzene rings is 5. The van der Waals surface area contributed by atoms with Crippen molar-refractivity contribution in [2.75, 3.05) is 0 Å². The molecule has 0 bridgehead atoms. The second-order valence-electron chi connectivity index (χ2n) is 7.39. The van der Waals surface area contributed by atoms with Gasteiger partial charge in [0.1, 0.15) is 0 Å². The van der Waals surface area contributed by atoms with Crippen molar-refractivity contribution >= 4 is 54.7 Å². The predicted octanol–water partition coefficient (Wildman–Crippen LogP) is 8.59. The second-order valence-corrected chi connectivity index (χ2v) is 8.97. The average molecular weight is 422 g/mol. The van der Waals surface area contributed by atoms with Crippen LogP contribution in [0.4, 0.5) is 0 Å². The van der Waals surface area contributed by atoms with Crippen molar-refractivity contribution in [3.8, 4) is 22.3 Å². The SMILES string of the molecule is Clc1nc2cc(-c3cccc4ccccc34)cc(-c3cccc4ccccc34)c2s1. The third-order valence-corrected chi connectivity index (χ3v) is 6.85. The topological polar surface area (TPSA) is 12.9 Å². The largest absolute Gasteiger partial charge is 0.225 e. The van der Waals surface area contributed by atoms with Crippen LogP contribution in [0, 0.1) is 0 Å². The highest BCUT2D eigenvalue weighted by molar-refractivity contribution is 7.22. The fourth-order valence-electron chi connectivity index (χ4n) is 4.30. The Hall–Kier alpha value is -3.20. The summed E-state index contributed by atoms with van der Waals surface area (Å²) in [5.41, 5.74) is 5.69. The number of aromatic nitrogens is 1. The van der Waals surface area contributed by atoms with Gasteiger partial charge in [-0.15, -0.1) is 11.3 Å². The van der Waals surface area contributed by atoms with Crippen LogP contribution in [0.3, 0.4) is 0 Å². The number of hydrogen-bond acceptors (Lipinski definition) is 2. The number of thiazole rings is 1. The maximum Gasteiger partial charge on any atom is 0.184 e. The van der Waals surface area contributed by atoms with E-state index in [0.717, 1.165) is 15.8 Å². The molecule has 30 heavy (non-hydrogen) atoms. The van der Waals surface area contributed by atoms with Crippen LogP contribution in [0.25, 0.3) is 54.0 Å². The molecule has 0 radical (unpaired) electrons. The Bertz CT molecular complexity index is 1550. The van der Waals surface area contributed by atoms with Crippen LogP contribution in [0.2, 0.25) is 4.47 Å². The summed E-state index contributed by atoms with van der Waals surface area (Å²) in [7, 11) is 0. The van der Waals surface area contributed by atoms with E-state index < -0.39 is 0 Å². The highest BCUT2D eigenvalue weighted by atomic mass is 35.5. The Morgan fingerprint density at radius 2 is 1.20 bits per heavy atom. The molecule has 142 valence electrons. The summed E-state index contributed by atoms with van der Waals surface area (Å²) in [6, 6.07) is 34.4. The van der Waals surface area contributed by atoms with E-state index >= 15 is 0 Å². The standard InChI is InChI=1S/C27H16ClNS/c28-27-29-25-16-19(22-13-5-9-17-7-1-3-11-20(17)22)15-24(26(25)30-27)23-14-6-10-18-8-2-4-12-21(18)23/h1-16H. The molecule has 6 aromatic rings. The van der Waals surface area contributed by atoms with Crippen molar-refractivity contribution in [2.45, 2.75) is 0 Å². The number of rotatable bonds is 2. The summed E-state index contributed by atoms with van der Waals surface area (Å²) in [5, 5.41) is 4.94. The van der Waals surface area contributed by atoms with Gasteiger partial charge in [0.15, 0.2) is 4.47 Å². The Kier molecular flexibility index (Phi) is 4.08. The van der Waals surface area contributed by atoms with Gasteiger partial charge in [0.2, 0.25) is 0 Å². The number of hydrogen-bond donors (Lipinski definition) is 0. The molecule has 0 saturated heterocycles. The molecule has 0 aliphatic carbocycles. The Morgan fingerprint density at radius 3 is 1.93 bits per heavy atom. The average Bonchev–Trinajstić information content (AvgIpc) is 3.18. The molecule has 0 unspecified atom stereocenters. The molecule has 0 fully saturated rings. The zero-order chi connectivity index (χ0) is 20.1. The molecule has 1 aromatic heterocycles. The van der Waals surface area contributed by atoms with Crippen molar-refractivity contribution in [3.05, 3.63) is 102 Å². The molecule has 0 amide bonds. The fraction of sp³-hybridized carbons (Fsp3) is 0. The minimum atomic E-state index is 0.571. The van der Waals surface area contributed by atoms with Gasteiger partial charge in [-0.3, -0.25) is 0 Å². The highest BCUT2D eigenvalue weighted by Crippen LogP contribution is 2.41. The third-order valence-electron chi connectivity index (χ3n) is 5.64. The quantitative estimate of drug-likeness (QED) is 0.272. The van der Waals surface area contributed by atoms with Crippen molar-refractivity contribution in [3.63, 3.8) is 0 Å². The predicted molar refractivity (Wildman–Crippen MR) is 131 cm³/mol. The van der Waals surface area contributed by atoms with Gasteiger partial charge in [0, 0.05) is 5.56 Å². The maximum atomic E-state index is 6.36. The number of fused-ring (bicyclic) bond motifs is 3. The van der Waals surface area contributed by atoms with Gasteiger partial charge in [-0.2, -0.15) is 0 Å². The number of halogens is 1. The molecule has 6 rings (SSSR count). The molecule has 3 heteroatoms. The smallest absolute Gasteiger partial charge is 0.184 e. The van der Waals surface area contributed by atoms with Crippen molar-refractivity contribution in [2.24, 2.45) is 0 Å². The summed E-state index contributed by atoms with van der Waals surface area (Å²) in [5.74, 6) is 0. The van der Waals surface area contributed by atoms with E-state index in [4.69, 9.17) is 11.6 Å². The van der Waals surface area contributed by atoms with E-state index in [9.17, 15) is 0 Å². The summed E-state index contributed by atoms with van der Waals surface area (Å²) in [6.07, 6.45) is 0. The van der Waals surface area contributed by atoms with Gasteiger partial charge in [0.25, 0.3) is 0 Å². The molecule has 1 heterocycles. The zero-order valence-electron chi connectivity index (χ0n) is 16.0. The van der Waals surface area contributed by atoms with Crippen LogP contribution in [0.15, 0.2) is 97.1 Å². The van der Waals surface area contributed by atoms with Crippen molar-refractivity contribution in [1.82, 2.24) is 4.98 Å². The normalized spacial score (nSPS) is 11.5. The molecule has 1 nitrogen and oxygen atoms in total. The molecular formula is C27H16ClNS. The van der Waals surface area contributed by atoms with Gasteiger partial charge < -0.3 is 0 Å². The summed E-state index contributed by atoms with van der Waals surface area (Å²) in [4.78, 5) is 4.63. The lowest BCUT2D eigenvalue weighted by atomic mass is 9.93. The molecule has 0 N–H and O–H groups in total. The van der Waals surface area contributed by atoms with Gasteiger partial charge >= 0.3 is 0 Å².